The van der Waals surface area contributed by atoms with Crippen molar-refractivity contribution in [3.05, 3.63) is 42.0 Å². The van der Waals surface area contributed by atoms with E-state index in [1.807, 2.05) is 37.3 Å². The van der Waals surface area contributed by atoms with Crippen molar-refractivity contribution in [1.29, 1.82) is 0 Å². The lowest BCUT2D eigenvalue weighted by Crippen LogP contribution is -2.44. The van der Waals surface area contributed by atoms with Crippen LogP contribution in [-0.4, -0.2) is 25.7 Å². The molecule has 0 spiro atoms. The van der Waals surface area contributed by atoms with Crippen LogP contribution in [0.4, 0.5) is 0 Å². The van der Waals surface area contributed by atoms with E-state index in [-0.39, 0.29) is 11.9 Å². The van der Waals surface area contributed by atoms with E-state index in [4.69, 9.17) is 9.47 Å². The Morgan fingerprint density at radius 2 is 1.73 bits per heavy atom. The van der Waals surface area contributed by atoms with Gasteiger partial charge in [0.05, 0.1) is 13.2 Å². The first-order valence-electron chi connectivity index (χ1n) is 7.31. The molecular weight excluding hydrogens is 278 g/mol. The minimum Gasteiger partial charge on any atom is -0.497 e. The molecule has 4 heteroatoms. The van der Waals surface area contributed by atoms with Crippen LogP contribution in [0.3, 0.4) is 0 Å². The molecule has 0 bridgehead atoms. The lowest BCUT2D eigenvalue weighted by Gasteiger charge is -2.24. The van der Waals surface area contributed by atoms with Gasteiger partial charge in [-0.15, -0.1) is 0 Å². The van der Waals surface area contributed by atoms with Crippen molar-refractivity contribution in [2.75, 3.05) is 14.2 Å². The topological polar surface area (TPSA) is 47.6 Å². The Kier molecular flexibility index (Phi) is 4.71. The van der Waals surface area contributed by atoms with Crippen molar-refractivity contribution in [3.63, 3.8) is 0 Å². The van der Waals surface area contributed by atoms with Crippen LogP contribution in [0.2, 0.25) is 0 Å². The summed E-state index contributed by atoms with van der Waals surface area (Å²) in [7, 11) is 3.19. The molecule has 0 aromatic heterocycles. The van der Waals surface area contributed by atoms with Crippen molar-refractivity contribution >= 4 is 16.7 Å². The largest absolute Gasteiger partial charge is 0.497 e. The minimum absolute atomic E-state index is 0.0894. The van der Waals surface area contributed by atoms with Gasteiger partial charge in [-0.05, 0) is 55.3 Å². The number of carbonyl (C=O) groups excluding carboxylic acids is 1. The third-order valence-electron chi connectivity index (χ3n) is 3.98. The zero-order valence-corrected chi connectivity index (χ0v) is 13.8. The highest BCUT2D eigenvalue weighted by atomic mass is 16.5. The Morgan fingerprint density at radius 3 is 2.36 bits per heavy atom. The van der Waals surface area contributed by atoms with Crippen LogP contribution < -0.4 is 10.1 Å². The Balaban J connectivity index is 2.22. The van der Waals surface area contributed by atoms with Crippen LogP contribution in [-0.2, 0) is 9.53 Å². The molecule has 0 aliphatic rings. The summed E-state index contributed by atoms with van der Waals surface area (Å²) in [5, 5.41) is 5.21. The van der Waals surface area contributed by atoms with Gasteiger partial charge in [-0.25, -0.2) is 0 Å². The summed E-state index contributed by atoms with van der Waals surface area (Å²) >= 11 is 0. The fraction of sp³-hybridized carbons (Fsp3) is 0.389. The van der Waals surface area contributed by atoms with E-state index in [0.29, 0.717) is 0 Å². The summed E-state index contributed by atoms with van der Waals surface area (Å²) in [6.07, 6.45) is 0. The lowest BCUT2D eigenvalue weighted by molar-refractivity contribution is -0.140. The van der Waals surface area contributed by atoms with Crippen molar-refractivity contribution in [2.45, 2.75) is 32.4 Å². The average molecular weight is 301 g/mol. The van der Waals surface area contributed by atoms with Crippen LogP contribution in [0, 0.1) is 0 Å². The smallest absolute Gasteiger partial charge is 0.252 e. The minimum atomic E-state index is -0.835. The highest BCUT2D eigenvalue weighted by molar-refractivity contribution is 5.86. The van der Waals surface area contributed by atoms with E-state index in [2.05, 4.69) is 11.4 Å². The van der Waals surface area contributed by atoms with Gasteiger partial charge in [0.25, 0.3) is 5.91 Å². The molecular formula is C18H23NO3. The number of amides is 1. The first-order valence-corrected chi connectivity index (χ1v) is 7.31. The van der Waals surface area contributed by atoms with Gasteiger partial charge in [0.1, 0.15) is 11.4 Å². The molecule has 1 amide bonds. The van der Waals surface area contributed by atoms with Gasteiger partial charge in [0.15, 0.2) is 0 Å². The number of carbonyl (C=O) groups is 1. The molecule has 1 N–H and O–H groups in total. The normalized spacial score (nSPS) is 13.0. The van der Waals surface area contributed by atoms with Crippen molar-refractivity contribution in [1.82, 2.24) is 5.32 Å². The Labute approximate surface area is 131 Å². The summed E-state index contributed by atoms with van der Waals surface area (Å²) in [6, 6.07) is 12.0. The SMILES string of the molecule is COc1ccc2cc([C@@H](C)NC(=O)C(C)(C)OC)ccc2c1. The molecule has 2 rings (SSSR count). The van der Waals surface area contributed by atoms with Crippen LogP contribution in [0.1, 0.15) is 32.4 Å². The maximum atomic E-state index is 12.2. The van der Waals surface area contributed by atoms with Gasteiger partial charge in [-0.2, -0.15) is 0 Å². The van der Waals surface area contributed by atoms with Gasteiger partial charge in [-0.3, -0.25) is 4.79 Å². The van der Waals surface area contributed by atoms with Gasteiger partial charge < -0.3 is 14.8 Å². The summed E-state index contributed by atoms with van der Waals surface area (Å²) < 4.78 is 10.4. The molecule has 0 heterocycles. The molecule has 0 saturated heterocycles. The number of nitrogens with one attached hydrogen (secondary N) is 1. The zero-order chi connectivity index (χ0) is 16.3. The highest BCUT2D eigenvalue weighted by Gasteiger charge is 2.28. The predicted octanol–water partition coefficient (Wildman–Crippen LogP) is 3.45. The molecule has 1 atom stereocenters. The monoisotopic (exact) mass is 301 g/mol. The molecule has 2 aromatic rings. The molecule has 4 nitrogen and oxygen atoms in total. The van der Waals surface area contributed by atoms with E-state index in [0.717, 1.165) is 22.1 Å². The first-order chi connectivity index (χ1) is 10.4. The zero-order valence-electron chi connectivity index (χ0n) is 13.8. The fourth-order valence-electron chi connectivity index (χ4n) is 2.19. The predicted molar refractivity (Wildman–Crippen MR) is 88.1 cm³/mol. The molecule has 0 radical (unpaired) electrons. The second kappa shape index (κ2) is 6.36. The van der Waals surface area contributed by atoms with E-state index < -0.39 is 5.60 Å². The summed E-state index contributed by atoms with van der Waals surface area (Å²) in [5.41, 5.74) is 0.219. The fourth-order valence-corrected chi connectivity index (χ4v) is 2.19. The van der Waals surface area contributed by atoms with E-state index in [1.165, 1.54) is 7.11 Å². The molecule has 22 heavy (non-hydrogen) atoms. The van der Waals surface area contributed by atoms with E-state index in [9.17, 15) is 4.79 Å². The Hall–Kier alpha value is -2.07. The summed E-state index contributed by atoms with van der Waals surface area (Å²) in [5.74, 6) is 0.709. The molecule has 0 unspecified atom stereocenters. The Morgan fingerprint density at radius 1 is 1.09 bits per heavy atom. The van der Waals surface area contributed by atoms with Gasteiger partial charge in [0, 0.05) is 7.11 Å². The maximum Gasteiger partial charge on any atom is 0.252 e. The van der Waals surface area contributed by atoms with Crippen LogP contribution in [0.25, 0.3) is 10.8 Å². The van der Waals surface area contributed by atoms with Crippen LogP contribution >= 0.6 is 0 Å². The summed E-state index contributed by atoms with van der Waals surface area (Å²) in [4.78, 5) is 12.2. The maximum absolute atomic E-state index is 12.2. The molecule has 0 fully saturated rings. The van der Waals surface area contributed by atoms with E-state index >= 15 is 0 Å². The van der Waals surface area contributed by atoms with Gasteiger partial charge in [0.2, 0.25) is 0 Å². The van der Waals surface area contributed by atoms with Crippen molar-refractivity contribution in [3.8, 4) is 5.75 Å². The molecule has 0 aliphatic heterocycles. The second-order valence-electron chi connectivity index (χ2n) is 5.88. The number of benzene rings is 2. The molecule has 2 aromatic carbocycles. The van der Waals surface area contributed by atoms with Crippen LogP contribution in [0.15, 0.2) is 36.4 Å². The first kappa shape index (κ1) is 16.3. The number of methoxy groups -OCH3 is 2. The standard InChI is InChI=1S/C18H23NO3/c1-12(19-17(20)18(2,3)22-5)13-6-7-15-11-16(21-4)9-8-14(15)10-13/h6-12H,1-5H3,(H,19,20)/t12-/m1/s1. The third-order valence-corrected chi connectivity index (χ3v) is 3.98. The summed E-state index contributed by atoms with van der Waals surface area (Å²) in [6.45, 7) is 5.47. The molecule has 0 aliphatic carbocycles. The van der Waals surface area contributed by atoms with Gasteiger partial charge in [-0.1, -0.05) is 18.2 Å². The van der Waals surface area contributed by atoms with Crippen molar-refractivity contribution in [2.24, 2.45) is 0 Å². The third kappa shape index (κ3) is 3.39. The molecule has 0 saturated carbocycles. The van der Waals surface area contributed by atoms with Crippen molar-refractivity contribution < 1.29 is 14.3 Å². The molecule has 118 valence electrons. The Bertz CT molecular complexity index is 679. The van der Waals surface area contributed by atoms with Crippen LogP contribution in [0.5, 0.6) is 5.75 Å². The highest BCUT2D eigenvalue weighted by Crippen LogP contribution is 2.24. The average Bonchev–Trinajstić information content (AvgIpc) is 2.53. The quantitative estimate of drug-likeness (QED) is 0.920. The van der Waals surface area contributed by atoms with E-state index in [1.54, 1.807) is 21.0 Å². The number of fused-ring (bicyclic) bond motifs is 1. The number of hydrogen-bond acceptors (Lipinski definition) is 3. The number of ether oxygens (including phenoxy) is 2. The second-order valence-corrected chi connectivity index (χ2v) is 5.88. The van der Waals surface area contributed by atoms with Gasteiger partial charge >= 0.3 is 0 Å². The number of hydrogen-bond donors (Lipinski definition) is 1. The number of rotatable bonds is 5. The lowest BCUT2D eigenvalue weighted by atomic mass is 10.0.